The van der Waals surface area contributed by atoms with Crippen LogP contribution in [0.15, 0.2) is 51.9 Å². The Hall–Kier alpha value is -1.69. The fourth-order valence-corrected chi connectivity index (χ4v) is 3.21. The number of nitrogens with one attached hydrogen (secondary N) is 1. The average molecular weight is 392 g/mol. The lowest BCUT2D eigenvalue weighted by Crippen LogP contribution is -2.46. The summed E-state index contributed by atoms with van der Waals surface area (Å²) in [5.41, 5.74) is 9.91. The second-order valence-corrected chi connectivity index (χ2v) is 6.73. The highest BCUT2D eigenvalue weighted by Gasteiger charge is 2.25. The van der Waals surface area contributed by atoms with Crippen LogP contribution in [0.1, 0.15) is 18.1 Å². The van der Waals surface area contributed by atoms with E-state index < -0.39 is 0 Å². The smallest absolute Gasteiger partial charge is 0.103 e. The number of nitrogens with two attached hydrogens (primary N) is 1. The second-order valence-electron chi connectivity index (χ2n) is 5.38. The number of hydrogen-bond acceptors (Lipinski definition) is 3. The first-order valence-electron chi connectivity index (χ1n) is 7.17. The molecule has 0 amide bonds. The van der Waals surface area contributed by atoms with E-state index in [0.717, 1.165) is 27.0 Å². The van der Waals surface area contributed by atoms with E-state index in [2.05, 4.69) is 15.9 Å². The first-order chi connectivity index (χ1) is 11.0. The van der Waals surface area contributed by atoms with E-state index in [0.29, 0.717) is 17.4 Å². The van der Waals surface area contributed by atoms with Crippen molar-refractivity contribution in [2.45, 2.75) is 13.1 Å². The third-order valence-electron chi connectivity index (χ3n) is 3.72. The predicted molar refractivity (Wildman–Crippen MR) is 100.0 cm³/mol. The third kappa shape index (κ3) is 3.17. The monoisotopic (exact) mass is 390 g/mol. The molecule has 118 valence electrons. The van der Waals surface area contributed by atoms with Gasteiger partial charge in [-0.1, -0.05) is 39.7 Å². The summed E-state index contributed by atoms with van der Waals surface area (Å²) in [6.07, 6.45) is -0.364. The minimum Gasteiger partial charge on any atom is -0.312 e. The molecule has 0 saturated heterocycles. The molecule has 2 aromatic rings. The number of fused-ring (bicyclic) bond motifs is 1. The van der Waals surface area contributed by atoms with Crippen molar-refractivity contribution in [3.8, 4) is 0 Å². The number of rotatable bonds is 1. The minimum atomic E-state index is -0.364. The fourth-order valence-electron chi connectivity index (χ4n) is 2.72. The molecule has 1 heterocycles. The van der Waals surface area contributed by atoms with Gasteiger partial charge in [-0.05, 0) is 37.3 Å². The molecular formula is C17H16BrClN4. The summed E-state index contributed by atoms with van der Waals surface area (Å²) in [4.78, 5) is 6.52. The van der Waals surface area contributed by atoms with E-state index in [1.807, 2.05) is 47.4 Å². The maximum atomic E-state index is 8.07. The van der Waals surface area contributed by atoms with Gasteiger partial charge in [0.15, 0.2) is 0 Å². The maximum absolute atomic E-state index is 8.07. The van der Waals surface area contributed by atoms with E-state index in [4.69, 9.17) is 27.7 Å². The first kappa shape index (κ1) is 16.2. The highest BCUT2D eigenvalue weighted by molar-refractivity contribution is 9.10. The van der Waals surface area contributed by atoms with Gasteiger partial charge in [0.2, 0.25) is 0 Å². The molecule has 23 heavy (non-hydrogen) atoms. The third-order valence-corrected chi connectivity index (χ3v) is 4.47. The van der Waals surface area contributed by atoms with Crippen LogP contribution in [0.4, 0.5) is 5.69 Å². The van der Waals surface area contributed by atoms with Gasteiger partial charge in [-0.15, -0.1) is 0 Å². The SMILES string of the molecule is CC(=N)N1c2ccc(Br)cc2C(c2ccc(Cl)cc2)=NCC1N. The Bertz CT molecular complexity index is 786. The van der Waals surface area contributed by atoms with Crippen LogP contribution in [0.2, 0.25) is 5.02 Å². The minimum absolute atomic E-state index is 0.364. The molecule has 0 bridgehead atoms. The van der Waals surface area contributed by atoms with Crippen LogP contribution in [0.25, 0.3) is 0 Å². The molecule has 3 N–H and O–H groups in total. The normalized spacial score (nSPS) is 17.3. The molecule has 0 aliphatic carbocycles. The molecule has 1 aliphatic heterocycles. The summed E-state index contributed by atoms with van der Waals surface area (Å²) < 4.78 is 0.955. The number of hydrogen-bond donors (Lipinski definition) is 2. The quantitative estimate of drug-likeness (QED) is 0.569. The number of amidine groups is 1. The van der Waals surface area contributed by atoms with Crippen LogP contribution in [0, 0.1) is 5.41 Å². The lowest BCUT2D eigenvalue weighted by atomic mass is 10.00. The van der Waals surface area contributed by atoms with Gasteiger partial charge >= 0.3 is 0 Å². The van der Waals surface area contributed by atoms with Crippen LogP contribution in [-0.4, -0.2) is 24.3 Å². The van der Waals surface area contributed by atoms with Gasteiger partial charge in [0, 0.05) is 20.6 Å². The van der Waals surface area contributed by atoms with Crippen LogP contribution in [0.5, 0.6) is 0 Å². The number of nitrogens with zero attached hydrogens (tertiary/aromatic N) is 2. The van der Waals surface area contributed by atoms with Gasteiger partial charge in [-0.25, -0.2) is 0 Å². The van der Waals surface area contributed by atoms with E-state index in [1.165, 1.54) is 0 Å². The molecule has 1 aliphatic rings. The second kappa shape index (κ2) is 6.43. The molecule has 0 fully saturated rings. The Kier molecular flexibility index (Phi) is 4.53. The molecular weight excluding hydrogens is 376 g/mol. The van der Waals surface area contributed by atoms with Crippen molar-refractivity contribution >= 4 is 44.8 Å². The van der Waals surface area contributed by atoms with E-state index in [1.54, 1.807) is 6.92 Å². The van der Waals surface area contributed by atoms with Crippen molar-refractivity contribution in [2.75, 3.05) is 11.4 Å². The molecule has 4 nitrogen and oxygen atoms in total. The molecule has 1 atom stereocenters. The average Bonchev–Trinajstić information content (AvgIpc) is 2.64. The molecule has 0 aromatic heterocycles. The van der Waals surface area contributed by atoms with Gasteiger partial charge in [-0.3, -0.25) is 10.4 Å². The largest absolute Gasteiger partial charge is 0.312 e. The fraction of sp³-hybridized carbons (Fsp3) is 0.176. The number of aliphatic imine (C=N–C) groups is 1. The van der Waals surface area contributed by atoms with Crippen LogP contribution < -0.4 is 10.6 Å². The van der Waals surface area contributed by atoms with Crippen LogP contribution in [0.3, 0.4) is 0 Å². The Morgan fingerprint density at radius 1 is 1.30 bits per heavy atom. The molecule has 2 aromatic carbocycles. The van der Waals surface area contributed by atoms with Crippen molar-refractivity contribution in [1.82, 2.24) is 0 Å². The number of halogens is 2. The zero-order valence-electron chi connectivity index (χ0n) is 12.6. The van der Waals surface area contributed by atoms with Crippen molar-refractivity contribution in [2.24, 2.45) is 10.7 Å². The molecule has 1 unspecified atom stereocenters. The lowest BCUT2D eigenvalue weighted by Gasteiger charge is -2.28. The van der Waals surface area contributed by atoms with Crippen LogP contribution in [-0.2, 0) is 0 Å². The Morgan fingerprint density at radius 3 is 2.65 bits per heavy atom. The van der Waals surface area contributed by atoms with Gasteiger partial charge in [0.05, 0.1) is 23.8 Å². The molecule has 3 rings (SSSR count). The van der Waals surface area contributed by atoms with Crippen molar-refractivity contribution in [1.29, 1.82) is 5.41 Å². The molecule has 0 radical (unpaired) electrons. The van der Waals surface area contributed by atoms with Gasteiger partial charge in [0.1, 0.15) is 6.17 Å². The van der Waals surface area contributed by atoms with Crippen molar-refractivity contribution in [3.05, 3.63) is 63.1 Å². The van der Waals surface area contributed by atoms with Crippen molar-refractivity contribution in [3.63, 3.8) is 0 Å². The summed E-state index contributed by atoms with van der Waals surface area (Å²) in [5, 5.41) is 8.75. The van der Waals surface area contributed by atoms with E-state index in [-0.39, 0.29) is 6.17 Å². The summed E-state index contributed by atoms with van der Waals surface area (Å²) in [6.45, 7) is 2.15. The zero-order valence-corrected chi connectivity index (χ0v) is 14.9. The summed E-state index contributed by atoms with van der Waals surface area (Å²) >= 11 is 9.51. The predicted octanol–water partition coefficient (Wildman–Crippen LogP) is 4.04. The number of anilines is 1. The van der Waals surface area contributed by atoms with Crippen LogP contribution >= 0.6 is 27.5 Å². The Balaban J connectivity index is 2.21. The maximum Gasteiger partial charge on any atom is 0.103 e. The number of benzodiazepines with no additional fused rings is 1. The van der Waals surface area contributed by atoms with E-state index in [9.17, 15) is 0 Å². The Labute approximate surface area is 148 Å². The number of benzene rings is 2. The highest BCUT2D eigenvalue weighted by atomic mass is 79.9. The summed E-state index contributed by atoms with van der Waals surface area (Å²) in [6, 6.07) is 13.5. The molecule has 0 saturated carbocycles. The zero-order chi connectivity index (χ0) is 16.6. The first-order valence-corrected chi connectivity index (χ1v) is 8.35. The van der Waals surface area contributed by atoms with Crippen molar-refractivity contribution < 1.29 is 0 Å². The topological polar surface area (TPSA) is 65.5 Å². The Morgan fingerprint density at radius 2 is 2.00 bits per heavy atom. The molecule has 6 heteroatoms. The van der Waals surface area contributed by atoms with E-state index >= 15 is 0 Å². The summed E-state index contributed by atoms with van der Waals surface area (Å²) in [5.74, 6) is 0.397. The molecule has 0 spiro atoms. The highest BCUT2D eigenvalue weighted by Crippen LogP contribution is 2.30. The summed E-state index contributed by atoms with van der Waals surface area (Å²) in [7, 11) is 0. The standard InChI is InChI=1S/C17H16BrClN4/c1-10(20)23-15-7-4-12(18)8-14(15)17(22-9-16(23)21)11-2-5-13(19)6-3-11/h2-8,16,20H,9,21H2,1H3. The lowest BCUT2D eigenvalue weighted by molar-refractivity contribution is 0.706. The van der Waals surface area contributed by atoms with Gasteiger partial charge in [-0.2, -0.15) is 0 Å². The van der Waals surface area contributed by atoms with Gasteiger partial charge < -0.3 is 10.6 Å². The van der Waals surface area contributed by atoms with Gasteiger partial charge in [0.25, 0.3) is 0 Å².